The molecule has 44 heavy (non-hydrogen) atoms. The number of piperazine rings is 1. The molecule has 1 aliphatic rings. The molecule has 15 heteroatoms. The molecule has 1 atom stereocenters. The van der Waals surface area contributed by atoms with Gasteiger partial charge in [-0.05, 0) is 42.0 Å². The molecule has 2 aromatic heterocycles. The molecule has 9 nitrogen and oxygen atoms in total. The molecular weight excluding hydrogens is 609 g/mol. The number of rotatable bonds is 9. The number of aromatic nitrogens is 2. The van der Waals surface area contributed by atoms with Crippen LogP contribution in [0.4, 0.5) is 27.8 Å². The summed E-state index contributed by atoms with van der Waals surface area (Å²) in [5.41, 5.74) is 1.12. The van der Waals surface area contributed by atoms with E-state index in [0.29, 0.717) is 11.4 Å². The molecule has 2 aromatic carbocycles. The van der Waals surface area contributed by atoms with Crippen molar-refractivity contribution in [2.24, 2.45) is 0 Å². The number of carbonyl (C=O) groups excluding carboxylic acids is 1. The van der Waals surface area contributed by atoms with Gasteiger partial charge in [0.05, 0.1) is 16.6 Å². The van der Waals surface area contributed by atoms with Crippen molar-refractivity contribution < 1.29 is 39.9 Å². The van der Waals surface area contributed by atoms with Gasteiger partial charge < -0.3 is 19.9 Å². The number of ether oxygens (including phenoxy) is 1. The number of alkyl halides is 5. The Hall–Kier alpha value is -4.24. The highest BCUT2D eigenvalue weighted by molar-refractivity contribution is 7.89. The third-order valence-corrected chi connectivity index (χ3v) is 9.26. The lowest BCUT2D eigenvalue weighted by atomic mass is 10.0. The molecule has 0 unspecified atom stereocenters. The van der Waals surface area contributed by atoms with Gasteiger partial charge in [-0.2, -0.15) is 4.31 Å². The van der Waals surface area contributed by atoms with Crippen LogP contribution >= 0.6 is 0 Å². The molecule has 1 saturated heterocycles. The molecule has 1 amide bonds. The maximum Gasteiger partial charge on any atom is 0.573 e. The average Bonchev–Trinajstić information content (AvgIpc) is 3.44. The zero-order chi connectivity index (χ0) is 31.7. The van der Waals surface area contributed by atoms with Crippen molar-refractivity contribution >= 4 is 32.7 Å². The second kappa shape index (κ2) is 12.0. The Bertz CT molecular complexity index is 1690. The fourth-order valence-corrected chi connectivity index (χ4v) is 6.51. The van der Waals surface area contributed by atoms with Crippen molar-refractivity contribution in [1.29, 1.82) is 0 Å². The summed E-state index contributed by atoms with van der Waals surface area (Å²) in [4.78, 5) is 22.4. The van der Waals surface area contributed by atoms with Crippen LogP contribution in [-0.2, 0) is 27.3 Å². The van der Waals surface area contributed by atoms with Crippen LogP contribution in [0.3, 0.4) is 0 Å². The van der Waals surface area contributed by atoms with Gasteiger partial charge in [0.15, 0.2) is 0 Å². The minimum absolute atomic E-state index is 0.0528. The molecule has 2 N–H and O–H groups in total. The van der Waals surface area contributed by atoms with Gasteiger partial charge in [0, 0.05) is 49.7 Å². The molecule has 4 aromatic rings. The quantitative estimate of drug-likeness (QED) is 0.246. The van der Waals surface area contributed by atoms with E-state index in [1.807, 2.05) is 11.0 Å². The first-order valence-electron chi connectivity index (χ1n) is 13.6. The summed E-state index contributed by atoms with van der Waals surface area (Å²) in [5, 5.41) is 3.57. The van der Waals surface area contributed by atoms with E-state index in [1.165, 1.54) is 31.2 Å². The van der Waals surface area contributed by atoms with Crippen LogP contribution in [-0.4, -0.2) is 60.6 Å². The number of pyridine rings is 1. The number of H-pyrrole nitrogens is 1. The number of halogens is 5. The largest absolute Gasteiger partial charge is 0.573 e. The Morgan fingerprint density at radius 1 is 1.05 bits per heavy atom. The van der Waals surface area contributed by atoms with Crippen LogP contribution < -0.4 is 15.0 Å². The second-order valence-electron chi connectivity index (χ2n) is 10.2. The predicted octanol–water partition coefficient (Wildman–Crippen LogP) is 5.16. The highest BCUT2D eigenvalue weighted by Gasteiger charge is 2.41. The average molecular weight is 638 g/mol. The van der Waals surface area contributed by atoms with Crippen LogP contribution in [0, 0.1) is 0 Å². The number of hydrogen-bond acceptors (Lipinski definition) is 6. The molecule has 3 heterocycles. The van der Waals surface area contributed by atoms with Crippen molar-refractivity contribution in [1.82, 2.24) is 19.6 Å². The monoisotopic (exact) mass is 637 g/mol. The molecule has 0 spiro atoms. The fraction of sp³-hybridized carbons (Fsp3) is 0.310. The third-order valence-electron chi connectivity index (χ3n) is 7.34. The summed E-state index contributed by atoms with van der Waals surface area (Å²) in [6.07, 6.45) is -2.05. The summed E-state index contributed by atoms with van der Waals surface area (Å²) in [5.74, 6) is -3.58. The van der Waals surface area contributed by atoms with Gasteiger partial charge >= 0.3 is 6.36 Å². The molecule has 0 aliphatic carbocycles. The van der Waals surface area contributed by atoms with Crippen molar-refractivity contribution in [2.75, 3.05) is 24.5 Å². The number of amides is 1. The summed E-state index contributed by atoms with van der Waals surface area (Å²) in [7, 11) is -4.35. The normalized spacial score (nSPS) is 16.7. The molecule has 234 valence electrons. The van der Waals surface area contributed by atoms with E-state index in [4.69, 9.17) is 0 Å². The van der Waals surface area contributed by atoms with Crippen LogP contribution in [0.15, 0.2) is 78.0 Å². The third kappa shape index (κ3) is 6.78. The molecular formula is C29H28F5N5O4S. The lowest BCUT2D eigenvalue weighted by molar-refractivity contribution is -0.274. The van der Waals surface area contributed by atoms with Gasteiger partial charge in [0.25, 0.3) is 5.92 Å². The fourth-order valence-electron chi connectivity index (χ4n) is 4.94. The molecule has 1 fully saturated rings. The zero-order valence-corrected chi connectivity index (χ0v) is 24.1. The molecule has 0 bridgehead atoms. The zero-order valence-electron chi connectivity index (χ0n) is 23.3. The Kier molecular flexibility index (Phi) is 8.53. The molecule has 0 radical (unpaired) electrons. The highest BCUT2D eigenvalue weighted by atomic mass is 32.2. The number of anilines is 1. The summed E-state index contributed by atoms with van der Waals surface area (Å²) in [6.45, 7) is 1.35. The number of benzene rings is 2. The SMILES string of the molecule is CCC(F)(F)c1ccc(CNC(=O)[C@H]2CN(c3cc4ccncc4[nH]3)CCN2S(=O)(=O)c2ccc(OC(F)(F)F)cc2)cc1. The lowest BCUT2D eigenvalue weighted by Gasteiger charge is -2.40. The number of nitrogens with one attached hydrogen (secondary N) is 2. The summed E-state index contributed by atoms with van der Waals surface area (Å²) >= 11 is 0. The smallest absolute Gasteiger partial charge is 0.406 e. The van der Waals surface area contributed by atoms with E-state index < -0.39 is 40.0 Å². The first-order chi connectivity index (χ1) is 20.8. The number of hydrogen-bond donors (Lipinski definition) is 2. The Labute approximate surface area is 249 Å². The van der Waals surface area contributed by atoms with Gasteiger partial charge in [-0.1, -0.05) is 31.2 Å². The lowest BCUT2D eigenvalue weighted by Crippen LogP contribution is -2.60. The van der Waals surface area contributed by atoms with Crippen LogP contribution in [0.25, 0.3) is 10.9 Å². The maximum absolute atomic E-state index is 14.0. The highest BCUT2D eigenvalue weighted by Crippen LogP contribution is 2.32. The number of sulfonamides is 1. The van der Waals surface area contributed by atoms with Gasteiger partial charge in [0.1, 0.15) is 17.6 Å². The Morgan fingerprint density at radius 2 is 1.75 bits per heavy atom. The number of aromatic amines is 1. The van der Waals surface area contributed by atoms with Crippen molar-refractivity contribution in [3.05, 3.63) is 84.2 Å². The standard InChI is InChI=1S/C29H28F5N5O4S/c1-2-28(30,31)21-5-3-19(4-6-21)16-36-27(40)25-18-38(26-15-20-11-12-35-17-24(20)37-26)13-14-39(25)44(41,42)23-9-7-22(8-10-23)43-29(32,33)34/h3-12,15,17,25,37H,2,13-14,16,18H2,1H3,(H,36,40)/t25-/m1/s1. The van der Waals surface area contributed by atoms with Crippen LogP contribution in [0.1, 0.15) is 24.5 Å². The van der Waals surface area contributed by atoms with E-state index in [-0.39, 0.29) is 43.1 Å². The van der Waals surface area contributed by atoms with Crippen LogP contribution in [0.5, 0.6) is 5.75 Å². The van der Waals surface area contributed by atoms with Crippen molar-refractivity contribution in [2.45, 2.75) is 43.1 Å². The first-order valence-corrected chi connectivity index (χ1v) is 15.0. The topological polar surface area (TPSA) is 108 Å². The number of nitrogens with zero attached hydrogens (tertiary/aromatic N) is 3. The first kappa shape index (κ1) is 31.2. The number of fused-ring (bicyclic) bond motifs is 1. The van der Waals surface area contributed by atoms with Gasteiger partial charge in [-0.25, -0.2) is 17.2 Å². The molecule has 0 saturated carbocycles. The van der Waals surface area contributed by atoms with Gasteiger partial charge in [0.2, 0.25) is 15.9 Å². The minimum atomic E-state index is -4.95. The molecule has 5 rings (SSSR count). The van der Waals surface area contributed by atoms with E-state index >= 15 is 0 Å². The van der Waals surface area contributed by atoms with Gasteiger partial charge in [-0.3, -0.25) is 9.78 Å². The van der Waals surface area contributed by atoms with Gasteiger partial charge in [-0.15, -0.1) is 13.2 Å². The van der Waals surface area contributed by atoms with E-state index in [1.54, 1.807) is 18.5 Å². The van der Waals surface area contributed by atoms with Crippen molar-refractivity contribution in [3.8, 4) is 5.75 Å². The van der Waals surface area contributed by atoms with E-state index in [0.717, 1.165) is 39.5 Å². The van der Waals surface area contributed by atoms with Crippen LogP contribution in [0.2, 0.25) is 0 Å². The predicted molar refractivity (Wildman–Crippen MR) is 152 cm³/mol. The van der Waals surface area contributed by atoms with Crippen molar-refractivity contribution in [3.63, 3.8) is 0 Å². The Morgan fingerprint density at radius 3 is 2.39 bits per heavy atom. The Balaban J connectivity index is 1.39. The maximum atomic E-state index is 14.0. The summed E-state index contributed by atoms with van der Waals surface area (Å²) < 4.78 is 98.0. The molecule has 1 aliphatic heterocycles. The minimum Gasteiger partial charge on any atom is -0.406 e. The van der Waals surface area contributed by atoms with E-state index in [2.05, 4.69) is 20.0 Å². The van der Waals surface area contributed by atoms with E-state index in [9.17, 15) is 35.2 Å². The second-order valence-corrected chi connectivity index (χ2v) is 12.1. The summed E-state index contributed by atoms with van der Waals surface area (Å²) in [6, 6.07) is 11.6. The number of carbonyl (C=O) groups is 1.